The number of amides is 2. The second-order valence-corrected chi connectivity index (χ2v) is 7.49. The third kappa shape index (κ3) is 5.28. The van der Waals surface area contributed by atoms with Gasteiger partial charge in [0.15, 0.2) is 0 Å². The van der Waals surface area contributed by atoms with E-state index in [-0.39, 0.29) is 24.3 Å². The van der Waals surface area contributed by atoms with Crippen molar-refractivity contribution in [1.82, 2.24) is 15.5 Å². The Kier molecular flexibility index (Phi) is 6.19. The van der Waals surface area contributed by atoms with E-state index in [9.17, 15) is 14.7 Å². The number of benzene rings is 1. The Hall–Kier alpha value is -1.92. The molecule has 25 heavy (non-hydrogen) atoms. The Balaban J connectivity index is 1.97. The van der Waals surface area contributed by atoms with Gasteiger partial charge in [0.2, 0.25) is 5.91 Å². The fourth-order valence-corrected chi connectivity index (χ4v) is 3.11. The highest BCUT2D eigenvalue weighted by Crippen LogP contribution is 2.19. The number of β-amino-alcohol motifs (C(OH)–C–C–N with tert-alkyl or cyclic N) is 1. The molecule has 0 aliphatic carbocycles. The molecule has 1 heterocycles. The van der Waals surface area contributed by atoms with Crippen LogP contribution in [-0.2, 0) is 4.79 Å². The number of likely N-dealkylation sites (tertiary alicyclic amines) is 1. The third-order valence-electron chi connectivity index (χ3n) is 4.63. The van der Waals surface area contributed by atoms with Gasteiger partial charge in [-0.05, 0) is 38.4 Å². The van der Waals surface area contributed by atoms with Crippen molar-refractivity contribution in [3.05, 3.63) is 35.4 Å². The molecule has 0 aromatic heterocycles. The van der Waals surface area contributed by atoms with Crippen LogP contribution in [0.2, 0.25) is 0 Å². The van der Waals surface area contributed by atoms with Crippen LogP contribution in [0.5, 0.6) is 0 Å². The van der Waals surface area contributed by atoms with Gasteiger partial charge in [0.05, 0.1) is 5.60 Å². The summed E-state index contributed by atoms with van der Waals surface area (Å²) in [6.45, 7) is 7.24. The van der Waals surface area contributed by atoms with E-state index in [1.807, 2.05) is 44.9 Å². The second-order valence-electron chi connectivity index (χ2n) is 7.49. The minimum absolute atomic E-state index is 0.0605. The highest BCUT2D eigenvalue weighted by Gasteiger charge is 2.35. The van der Waals surface area contributed by atoms with Crippen molar-refractivity contribution in [3.63, 3.8) is 0 Å². The summed E-state index contributed by atoms with van der Waals surface area (Å²) in [5.41, 5.74) is 0.632. The minimum atomic E-state index is -0.896. The first-order valence-electron chi connectivity index (χ1n) is 8.76. The molecule has 1 aromatic rings. The van der Waals surface area contributed by atoms with Gasteiger partial charge in [-0.2, -0.15) is 0 Å². The molecule has 0 bridgehead atoms. The van der Waals surface area contributed by atoms with Crippen molar-refractivity contribution < 1.29 is 14.7 Å². The summed E-state index contributed by atoms with van der Waals surface area (Å²) in [6, 6.07) is 6.62. The summed E-state index contributed by atoms with van der Waals surface area (Å²) in [5.74, 6) is -0.592. The van der Waals surface area contributed by atoms with E-state index in [4.69, 9.17) is 0 Å². The molecular weight excluding hydrogens is 318 g/mol. The molecule has 3 N–H and O–H groups in total. The number of nitrogens with zero attached hydrogens (tertiary/aromatic N) is 1. The SMILES string of the molecule is Cc1cccc(C(=O)N[C@H](C(=O)NC[C@@]2(O)CCN(C)C2)C(C)C)c1. The van der Waals surface area contributed by atoms with E-state index in [0.29, 0.717) is 18.5 Å². The summed E-state index contributed by atoms with van der Waals surface area (Å²) < 4.78 is 0. The van der Waals surface area contributed by atoms with Crippen LogP contribution in [0.15, 0.2) is 24.3 Å². The standard InChI is InChI=1S/C19H29N3O3/c1-13(2)16(21-17(23)15-7-5-6-14(3)10-15)18(24)20-11-19(25)8-9-22(4)12-19/h5-7,10,13,16,25H,8-9,11-12H2,1-4H3,(H,20,24)(H,21,23)/t16-,19-/m0/s1. The average molecular weight is 347 g/mol. The lowest BCUT2D eigenvalue weighted by Crippen LogP contribution is -2.53. The number of aliphatic hydroxyl groups is 1. The smallest absolute Gasteiger partial charge is 0.251 e. The Morgan fingerprint density at radius 1 is 1.36 bits per heavy atom. The zero-order valence-electron chi connectivity index (χ0n) is 15.5. The molecule has 6 heteroatoms. The molecule has 1 aliphatic rings. The number of hydrogen-bond acceptors (Lipinski definition) is 4. The normalized spacial score (nSPS) is 22.0. The highest BCUT2D eigenvalue weighted by atomic mass is 16.3. The maximum Gasteiger partial charge on any atom is 0.251 e. The largest absolute Gasteiger partial charge is 0.387 e. The molecule has 2 amide bonds. The Morgan fingerprint density at radius 3 is 2.64 bits per heavy atom. The van der Waals surface area contributed by atoms with Crippen LogP contribution in [0.4, 0.5) is 0 Å². The van der Waals surface area contributed by atoms with E-state index >= 15 is 0 Å². The molecule has 0 spiro atoms. The molecule has 0 saturated carbocycles. The van der Waals surface area contributed by atoms with Gasteiger partial charge >= 0.3 is 0 Å². The maximum atomic E-state index is 12.5. The molecular formula is C19H29N3O3. The van der Waals surface area contributed by atoms with Gasteiger partial charge in [-0.15, -0.1) is 0 Å². The van der Waals surface area contributed by atoms with Crippen molar-refractivity contribution in [2.24, 2.45) is 5.92 Å². The lowest BCUT2D eigenvalue weighted by atomic mass is 10.0. The Morgan fingerprint density at radius 2 is 2.08 bits per heavy atom. The molecule has 2 rings (SSSR count). The summed E-state index contributed by atoms with van der Waals surface area (Å²) in [5, 5.41) is 16.1. The first-order chi connectivity index (χ1) is 11.7. The Bertz CT molecular complexity index is 632. The Labute approximate surface area is 149 Å². The van der Waals surface area contributed by atoms with Crippen LogP contribution in [0.25, 0.3) is 0 Å². The molecule has 1 aromatic carbocycles. The molecule has 1 fully saturated rings. The second kappa shape index (κ2) is 7.97. The van der Waals surface area contributed by atoms with Crippen molar-refractivity contribution in [2.75, 3.05) is 26.7 Å². The van der Waals surface area contributed by atoms with Crippen molar-refractivity contribution in [1.29, 1.82) is 0 Å². The van der Waals surface area contributed by atoms with Gasteiger partial charge in [-0.3, -0.25) is 9.59 Å². The predicted molar refractivity (Wildman–Crippen MR) is 97.3 cm³/mol. The zero-order valence-corrected chi connectivity index (χ0v) is 15.5. The van der Waals surface area contributed by atoms with Gasteiger partial charge in [0.25, 0.3) is 5.91 Å². The van der Waals surface area contributed by atoms with Crippen molar-refractivity contribution in [2.45, 2.75) is 38.8 Å². The number of rotatable bonds is 6. The van der Waals surface area contributed by atoms with E-state index in [1.165, 1.54) is 0 Å². The minimum Gasteiger partial charge on any atom is -0.387 e. The van der Waals surface area contributed by atoms with Gasteiger partial charge in [0, 0.05) is 25.2 Å². The third-order valence-corrected chi connectivity index (χ3v) is 4.63. The highest BCUT2D eigenvalue weighted by molar-refractivity contribution is 5.97. The number of aryl methyl sites for hydroxylation is 1. The predicted octanol–water partition coefficient (Wildman–Crippen LogP) is 0.932. The number of carbonyl (C=O) groups excluding carboxylic acids is 2. The summed E-state index contributed by atoms with van der Waals surface area (Å²) in [6.07, 6.45) is 0.631. The average Bonchev–Trinajstić information content (AvgIpc) is 2.89. The van der Waals surface area contributed by atoms with E-state index in [1.54, 1.807) is 12.1 Å². The van der Waals surface area contributed by atoms with Crippen LogP contribution >= 0.6 is 0 Å². The molecule has 1 aliphatic heterocycles. The van der Waals surface area contributed by atoms with E-state index in [0.717, 1.165) is 12.1 Å². The summed E-state index contributed by atoms with van der Waals surface area (Å²) >= 11 is 0. The quantitative estimate of drug-likeness (QED) is 0.715. The van der Waals surface area contributed by atoms with E-state index < -0.39 is 11.6 Å². The topological polar surface area (TPSA) is 81.7 Å². The molecule has 0 unspecified atom stereocenters. The van der Waals surface area contributed by atoms with Gasteiger partial charge < -0.3 is 20.6 Å². The zero-order chi connectivity index (χ0) is 18.6. The monoisotopic (exact) mass is 347 g/mol. The van der Waals surface area contributed by atoms with Crippen LogP contribution in [-0.4, -0.2) is 60.1 Å². The fourth-order valence-electron chi connectivity index (χ4n) is 3.11. The number of likely N-dealkylation sites (N-methyl/N-ethyl adjacent to an activating group) is 1. The van der Waals surface area contributed by atoms with Crippen LogP contribution in [0, 0.1) is 12.8 Å². The molecule has 6 nitrogen and oxygen atoms in total. The number of hydrogen-bond donors (Lipinski definition) is 3. The van der Waals surface area contributed by atoms with Crippen LogP contribution in [0.3, 0.4) is 0 Å². The summed E-state index contributed by atoms with van der Waals surface area (Å²) in [4.78, 5) is 27.0. The summed E-state index contributed by atoms with van der Waals surface area (Å²) in [7, 11) is 1.94. The lowest BCUT2D eigenvalue weighted by molar-refractivity contribution is -0.125. The molecule has 1 saturated heterocycles. The van der Waals surface area contributed by atoms with Crippen molar-refractivity contribution in [3.8, 4) is 0 Å². The molecule has 0 radical (unpaired) electrons. The molecule has 138 valence electrons. The fraction of sp³-hybridized carbons (Fsp3) is 0.579. The van der Waals surface area contributed by atoms with Crippen molar-refractivity contribution >= 4 is 11.8 Å². The first kappa shape index (κ1) is 19.4. The van der Waals surface area contributed by atoms with Gasteiger partial charge in [-0.1, -0.05) is 31.5 Å². The van der Waals surface area contributed by atoms with Gasteiger partial charge in [0.1, 0.15) is 6.04 Å². The molecule has 2 atom stereocenters. The van der Waals surface area contributed by atoms with Gasteiger partial charge in [-0.25, -0.2) is 0 Å². The number of carbonyl (C=O) groups is 2. The first-order valence-corrected chi connectivity index (χ1v) is 8.76. The number of nitrogens with one attached hydrogen (secondary N) is 2. The van der Waals surface area contributed by atoms with E-state index in [2.05, 4.69) is 10.6 Å². The van der Waals surface area contributed by atoms with Crippen LogP contribution in [0.1, 0.15) is 36.2 Å². The lowest BCUT2D eigenvalue weighted by Gasteiger charge is -2.26. The maximum absolute atomic E-state index is 12.5. The van der Waals surface area contributed by atoms with Crippen LogP contribution < -0.4 is 10.6 Å².